The van der Waals surface area contributed by atoms with Gasteiger partial charge in [0.1, 0.15) is 5.82 Å². The van der Waals surface area contributed by atoms with E-state index in [0.717, 1.165) is 0 Å². The first kappa shape index (κ1) is 17.7. The van der Waals surface area contributed by atoms with Gasteiger partial charge in [-0.3, -0.25) is 4.79 Å². The van der Waals surface area contributed by atoms with Gasteiger partial charge >= 0.3 is 0 Å². The minimum absolute atomic E-state index is 0.179. The van der Waals surface area contributed by atoms with Crippen LogP contribution in [0.3, 0.4) is 0 Å². The molecule has 2 rings (SSSR count). The highest BCUT2D eigenvalue weighted by Crippen LogP contribution is 2.31. The van der Waals surface area contributed by atoms with E-state index in [1.54, 1.807) is 18.2 Å². The molecule has 0 saturated heterocycles. The van der Waals surface area contributed by atoms with E-state index in [4.69, 9.17) is 0 Å². The van der Waals surface area contributed by atoms with Crippen LogP contribution in [-0.2, 0) is 4.79 Å². The largest absolute Gasteiger partial charge is 0.374 e. The summed E-state index contributed by atoms with van der Waals surface area (Å²) in [5.74, 6) is -3.54. The lowest BCUT2D eigenvalue weighted by molar-refractivity contribution is -0.114. The van der Waals surface area contributed by atoms with E-state index in [1.165, 1.54) is 24.3 Å². The number of para-hydroxylation sites is 1. The van der Waals surface area contributed by atoms with E-state index in [2.05, 4.69) is 26.6 Å². The second-order valence-corrected chi connectivity index (χ2v) is 6.35. The number of hydrogen-bond donors (Lipinski definition) is 2. The number of carbonyl (C=O) groups excluding carboxylic acids is 1. The Morgan fingerprint density at radius 2 is 1.91 bits per heavy atom. The lowest BCUT2D eigenvalue weighted by Gasteiger charge is -2.11. The maximum atomic E-state index is 13.6. The molecule has 0 aliphatic rings. The topological polar surface area (TPSA) is 41.1 Å². The maximum absolute atomic E-state index is 13.6. The summed E-state index contributed by atoms with van der Waals surface area (Å²) in [5, 5.41) is 5.19. The second kappa shape index (κ2) is 8.26. The first-order chi connectivity index (χ1) is 11.0. The van der Waals surface area contributed by atoms with Crippen molar-refractivity contribution in [3.63, 3.8) is 0 Å². The molecule has 1 amide bonds. The van der Waals surface area contributed by atoms with Gasteiger partial charge in [-0.2, -0.15) is 8.78 Å². The van der Waals surface area contributed by atoms with Gasteiger partial charge in [-0.1, -0.05) is 39.8 Å². The summed E-state index contributed by atoms with van der Waals surface area (Å²) >= 11 is 3.49. The van der Waals surface area contributed by atoms with Crippen LogP contribution in [0.5, 0.6) is 0 Å². The zero-order valence-electron chi connectivity index (χ0n) is 11.7. The Hall–Kier alpha value is -1.67. The molecule has 0 aromatic heterocycles. The van der Waals surface area contributed by atoms with E-state index in [-0.39, 0.29) is 17.1 Å². The van der Waals surface area contributed by atoms with Crippen LogP contribution in [0.2, 0.25) is 0 Å². The van der Waals surface area contributed by atoms with Crippen LogP contribution >= 0.6 is 27.7 Å². The number of thioether (sulfide) groups is 1. The van der Waals surface area contributed by atoms with Crippen molar-refractivity contribution in [2.24, 2.45) is 0 Å². The lowest BCUT2D eigenvalue weighted by atomic mass is 10.3. The molecular weight excluding hydrogens is 393 g/mol. The monoisotopic (exact) mass is 404 g/mol. The molecule has 0 fully saturated rings. The van der Waals surface area contributed by atoms with Gasteiger partial charge in [-0.05, 0) is 30.3 Å². The molecule has 2 N–H and O–H groups in total. The number of halogens is 4. The highest BCUT2D eigenvalue weighted by atomic mass is 79.9. The van der Waals surface area contributed by atoms with Crippen LogP contribution in [0.4, 0.5) is 24.5 Å². The van der Waals surface area contributed by atoms with Crippen molar-refractivity contribution in [2.75, 3.05) is 17.2 Å². The van der Waals surface area contributed by atoms with Gasteiger partial charge in [0, 0.05) is 9.37 Å². The van der Waals surface area contributed by atoms with Gasteiger partial charge in [0.25, 0.3) is 5.76 Å². The summed E-state index contributed by atoms with van der Waals surface area (Å²) in [6.45, 7) is -0.188. The summed E-state index contributed by atoms with van der Waals surface area (Å²) in [6.07, 6.45) is 0. The molecule has 3 nitrogen and oxygen atoms in total. The highest BCUT2D eigenvalue weighted by molar-refractivity contribution is 9.10. The smallest absolute Gasteiger partial charge is 0.288 e. The lowest BCUT2D eigenvalue weighted by Crippen LogP contribution is -2.22. The van der Waals surface area contributed by atoms with E-state index < -0.39 is 17.5 Å². The fourth-order valence-electron chi connectivity index (χ4n) is 1.77. The number of alkyl halides is 2. The number of benzene rings is 2. The Morgan fingerprint density at radius 3 is 2.61 bits per heavy atom. The Morgan fingerprint density at radius 1 is 1.17 bits per heavy atom. The molecule has 122 valence electrons. The molecule has 0 aliphatic carbocycles. The van der Waals surface area contributed by atoms with Gasteiger partial charge in [0.15, 0.2) is 0 Å². The van der Waals surface area contributed by atoms with Gasteiger partial charge < -0.3 is 10.6 Å². The Labute approximate surface area is 143 Å². The molecule has 0 unspecified atom stereocenters. The van der Waals surface area contributed by atoms with Gasteiger partial charge in [-0.25, -0.2) is 4.39 Å². The zero-order chi connectivity index (χ0) is 16.8. The van der Waals surface area contributed by atoms with E-state index in [0.29, 0.717) is 21.9 Å². The molecule has 2 aromatic rings. The van der Waals surface area contributed by atoms with E-state index in [1.807, 2.05) is 0 Å². The fraction of sp³-hybridized carbons (Fsp3) is 0.133. The molecule has 2 aromatic carbocycles. The predicted octanol–water partition coefficient (Wildman–Crippen LogP) is 4.95. The fourth-order valence-corrected chi connectivity index (χ4v) is 2.70. The molecule has 0 bridgehead atoms. The maximum Gasteiger partial charge on any atom is 0.288 e. The van der Waals surface area contributed by atoms with E-state index in [9.17, 15) is 18.0 Å². The van der Waals surface area contributed by atoms with Crippen molar-refractivity contribution in [1.82, 2.24) is 0 Å². The molecule has 0 radical (unpaired) electrons. The summed E-state index contributed by atoms with van der Waals surface area (Å²) in [7, 11) is 0. The van der Waals surface area contributed by atoms with E-state index >= 15 is 0 Å². The number of anilines is 2. The summed E-state index contributed by atoms with van der Waals surface area (Å²) in [6, 6.07) is 10.7. The molecule has 0 heterocycles. The predicted molar refractivity (Wildman–Crippen MR) is 89.5 cm³/mol. The average molecular weight is 405 g/mol. The van der Waals surface area contributed by atoms with Gasteiger partial charge in [0.05, 0.1) is 17.9 Å². The molecule has 8 heteroatoms. The Bertz CT molecular complexity index is 700. The normalized spacial score (nSPS) is 10.7. The summed E-state index contributed by atoms with van der Waals surface area (Å²) in [5.41, 5.74) is 0.472. The third kappa shape index (κ3) is 5.47. The van der Waals surface area contributed by atoms with Crippen LogP contribution in [0.15, 0.2) is 51.8 Å². The van der Waals surface area contributed by atoms with Crippen molar-refractivity contribution in [3.05, 3.63) is 52.8 Å². The van der Waals surface area contributed by atoms with Crippen molar-refractivity contribution in [1.29, 1.82) is 0 Å². The molecule has 23 heavy (non-hydrogen) atoms. The van der Waals surface area contributed by atoms with Crippen molar-refractivity contribution < 1.29 is 18.0 Å². The molecule has 0 saturated carbocycles. The average Bonchev–Trinajstić information content (AvgIpc) is 2.48. The third-order valence-electron chi connectivity index (χ3n) is 2.75. The van der Waals surface area contributed by atoms with Crippen LogP contribution in [0.1, 0.15) is 0 Å². The minimum Gasteiger partial charge on any atom is -0.374 e. The highest BCUT2D eigenvalue weighted by Gasteiger charge is 2.12. The second-order valence-electron chi connectivity index (χ2n) is 4.40. The van der Waals surface area contributed by atoms with Gasteiger partial charge in [-0.15, -0.1) is 0 Å². The standard InChI is InChI=1S/C15H12BrF3N2OS/c16-9-5-6-11(10(17)7-9)20-8-14(22)21-12-3-1-2-4-13(12)23-15(18)19/h1-7,15,20H,8H2,(H,21,22). The quantitative estimate of drug-likeness (QED) is 0.668. The van der Waals surface area contributed by atoms with Crippen LogP contribution < -0.4 is 10.6 Å². The van der Waals surface area contributed by atoms with Crippen molar-refractivity contribution >= 4 is 45.0 Å². The first-order valence-electron chi connectivity index (χ1n) is 6.48. The zero-order valence-corrected chi connectivity index (χ0v) is 14.1. The molecule has 0 spiro atoms. The number of amides is 1. The van der Waals surface area contributed by atoms with Crippen LogP contribution in [0.25, 0.3) is 0 Å². The summed E-state index contributed by atoms with van der Waals surface area (Å²) < 4.78 is 39.2. The van der Waals surface area contributed by atoms with Crippen LogP contribution in [0, 0.1) is 5.82 Å². The Kier molecular flexibility index (Phi) is 6.35. The molecule has 0 aliphatic heterocycles. The van der Waals surface area contributed by atoms with Crippen LogP contribution in [-0.4, -0.2) is 18.2 Å². The SMILES string of the molecule is O=C(CNc1ccc(Br)cc1F)Nc1ccccc1SC(F)F. The number of rotatable bonds is 6. The van der Waals surface area contributed by atoms with Gasteiger partial charge in [0.2, 0.25) is 5.91 Å². The number of nitrogens with one attached hydrogen (secondary N) is 2. The minimum atomic E-state index is -2.58. The third-order valence-corrected chi connectivity index (χ3v) is 4.03. The van der Waals surface area contributed by atoms with Crippen molar-refractivity contribution in [2.45, 2.75) is 10.7 Å². The molecule has 0 atom stereocenters. The molecular formula is C15H12BrF3N2OS. The van der Waals surface area contributed by atoms with Crippen molar-refractivity contribution in [3.8, 4) is 0 Å². The Balaban J connectivity index is 1.97. The number of carbonyl (C=O) groups is 1. The summed E-state index contributed by atoms with van der Waals surface area (Å²) in [4.78, 5) is 12.2. The number of hydrogen-bond acceptors (Lipinski definition) is 3. The first-order valence-corrected chi connectivity index (χ1v) is 8.15.